The fourth-order valence-corrected chi connectivity index (χ4v) is 5.17. The van der Waals surface area contributed by atoms with Gasteiger partial charge in [0.2, 0.25) is 5.82 Å². The van der Waals surface area contributed by atoms with E-state index in [9.17, 15) is 9.90 Å². The van der Waals surface area contributed by atoms with Crippen LogP contribution in [-0.4, -0.2) is 30.8 Å². The molecule has 1 aliphatic heterocycles. The van der Waals surface area contributed by atoms with Crippen molar-refractivity contribution in [2.45, 2.75) is 25.3 Å². The standard InChI is InChI=1S/C24H18N4O3S/c29-22(30)11-14-5-6-28-19-4-3-15(8-16(19)10-20(14)28)23-26-24(31-27-23)18-9-17(12-25-13-18)21-2-1-7-32-21/h1-4,7-10,12-14H,5-6,11H2,(H,29,30)/t14-/m0/s1. The van der Waals surface area contributed by atoms with Crippen molar-refractivity contribution in [1.82, 2.24) is 19.7 Å². The number of pyridine rings is 1. The highest BCUT2D eigenvalue weighted by Gasteiger charge is 2.27. The fraction of sp³-hybridized carbons (Fsp3) is 0.167. The molecule has 32 heavy (non-hydrogen) atoms. The van der Waals surface area contributed by atoms with Crippen molar-refractivity contribution >= 4 is 28.2 Å². The van der Waals surface area contributed by atoms with Crippen LogP contribution in [0.15, 0.2) is 64.8 Å². The van der Waals surface area contributed by atoms with E-state index < -0.39 is 5.97 Å². The molecule has 0 spiro atoms. The summed E-state index contributed by atoms with van der Waals surface area (Å²) >= 11 is 1.65. The topological polar surface area (TPSA) is 94.0 Å². The number of rotatable bonds is 5. The Labute approximate surface area is 187 Å². The number of carboxylic acids is 1. The molecule has 4 aromatic heterocycles. The first kappa shape index (κ1) is 18.9. The Kier molecular flexibility index (Phi) is 4.39. The minimum absolute atomic E-state index is 0.0586. The number of carbonyl (C=O) groups is 1. The zero-order chi connectivity index (χ0) is 21.7. The molecule has 1 atom stereocenters. The molecule has 5 aromatic rings. The summed E-state index contributed by atoms with van der Waals surface area (Å²) in [5.41, 5.74) is 4.83. The molecule has 0 saturated heterocycles. The molecule has 1 aromatic carbocycles. The summed E-state index contributed by atoms with van der Waals surface area (Å²) in [5.74, 6) is 0.235. The van der Waals surface area contributed by atoms with E-state index in [4.69, 9.17) is 4.52 Å². The lowest BCUT2D eigenvalue weighted by Crippen LogP contribution is -2.02. The minimum atomic E-state index is -0.758. The summed E-state index contributed by atoms with van der Waals surface area (Å²) in [6.45, 7) is 0.843. The first-order chi connectivity index (χ1) is 15.7. The quantitative estimate of drug-likeness (QED) is 0.389. The number of thiophene rings is 1. The monoisotopic (exact) mass is 442 g/mol. The zero-order valence-corrected chi connectivity index (χ0v) is 17.7. The van der Waals surface area contributed by atoms with Crippen molar-refractivity contribution in [2.75, 3.05) is 0 Å². The molecule has 0 fully saturated rings. The molecule has 6 rings (SSSR count). The molecule has 1 aliphatic rings. The van der Waals surface area contributed by atoms with Crippen molar-refractivity contribution in [1.29, 1.82) is 0 Å². The summed E-state index contributed by atoms with van der Waals surface area (Å²) < 4.78 is 7.76. The molecule has 0 bridgehead atoms. The Bertz CT molecular complexity index is 1450. The molecule has 158 valence electrons. The third kappa shape index (κ3) is 3.20. The molecule has 8 heteroatoms. The molecular weight excluding hydrogens is 424 g/mol. The van der Waals surface area contributed by atoms with Gasteiger partial charge in [-0.1, -0.05) is 11.2 Å². The van der Waals surface area contributed by atoms with Gasteiger partial charge in [-0.25, -0.2) is 0 Å². The van der Waals surface area contributed by atoms with E-state index in [0.29, 0.717) is 11.7 Å². The van der Waals surface area contributed by atoms with Gasteiger partial charge in [0.05, 0.1) is 12.0 Å². The Morgan fingerprint density at radius 3 is 2.91 bits per heavy atom. The fourth-order valence-electron chi connectivity index (χ4n) is 4.46. The highest BCUT2D eigenvalue weighted by molar-refractivity contribution is 7.13. The maximum Gasteiger partial charge on any atom is 0.304 e. The normalized spacial score (nSPS) is 15.3. The molecular formula is C24H18N4O3S. The summed E-state index contributed by atoms with van der Waals surface area (Å²) in [6, 6.07) is 14.2. The van der Waals surface area contributed by atoms with Gasteiger partial charge >= 0.3 is 5.97 Å². The van der Waals surface area contributed by atoms with Gasteiger partial charge in [-0.2, -0.15) is 4.98 Å². The van der Waals surface area contributed by atoms with Crippen molar-refractivity contribution in [3.8, 4) is 33.3 Å². The molecule has 0 aliphatic carbocycles. The molecule has 5 heterocycles. The SMILES string of the molecule is O=C(O)C[C@@H]1CCn2c1cc1cc(-c3noc(-c4cncc(-c5cccs5)c4)n3)ccc12. The van der Waals surface area contributed by atoms with Crippen molar-refractivity contribution in [3.05, 3.63) is 65.9 Å². The van der Waals surface area contributed by atoms with Crippen LogP contribution in [-0.2, 0) is 11.3 Å². The molecule has 1 N–H and O–H groups in total. The van der Waals surface area contributed by atoms with Crippen molar-refractivity contribution < 1.29 is 14.4 Å². The van der Waals surface area contributed by atoms with Crippen LogP contribution in [0.5, 0.6) is 0 Å². The van der Waals surface area contributed by atoms with Gasteiger partial charge in [0.25, 0.3) is 5.89 Å². The van der Waals surface area contributed by atoms with Gasteiger partial charge in [0, 0.05) is 57.5 Å². The summed E-state index contributed by atoms with van der Waals surface area (Å²) in [6.07, 6.45) is 4.57. The van der Waals surface area contributed by atoms with E-state index in [2.05, 4.69) is 31.8 Å². The molecule has 0 unspecified atom stereocenters. The average Bonchev–Trinajstić information content (AvgIpc) is 3.58. The second-order valence-electron chi connectivity index (χ2n) is 7.94. The van der Waals surface area contributed by atoms with E-state index in [1.807, 2.05) is 41.9 Å². The Balaban J connectivity index is 1.33. The van der Waals surface area contributed by atoms with E-state index in [1.54, 1.807) is 17.5 Å². The van der Waals surface area contributed by atoms with Crippen LogP contribution in [0.4, 0.5) is 0 Å². The number of carboxylic acid groups (broad SMARTS) is 1. The largest absolute Gasteiger partial charge is 0.481 e. The molecule has 0 amide bonds. The third-order valence-electron chi connectivity index (χ3n) is 5.95. The highest BCUT2D eigenvalue weighted by Crippen LogP contribution is 2.37. The Morgan fingerprint density at radius 2 is 2.06 bits per heavy atom. The lowest BCUT2D eigenvalue weighted by Gasteiger charge is -2.04. The van der Waals surface area contributed by atoms with Gasteiger partial charge < -0.3 is 14.2 Å². The lowest BCUT2D eigenvalue weighted by molar-refractivity contribution is -0.137. The first-order valence-corrected chi connectivity index (χ1v) is 11.2. The summed E-state index contributed by atoms with van der Waals surface area (Å²) in [4.78, 5) is 21.2. The highest BCUT2D eigenvalue weighted by atomic mass is 32.1. The van der Waals surface area contributed by atoms with Crippen molar-refractivity contribution in [2.24, 2.45) is 0 Å². The maximum absolute atomic E-state index is 11.2. The summed E-state index contributed by atoms with van der Waals surface area (Å²) in [5, 5.41) is 16.5. The van der Waals surface area contributed by atoms with Gasteiger partial charge in [0.15, 0.2) is 0 Å². The predicted molar refractivity (Wildman–Crippen MR) is 121 cm³/mol. The first-order valence-electron chi connectivity index (χ1n) is 10.3. The number of nitrogens with zero attached hydrogens (tertiary/aromatic N) is 4. The average molecular weight is 443 g/mol. The lowest BCUT2D eigenvalue weighted by atomic mass is 10.0. The number of aryl methyl sites for hydroxylation is 1. The van der Waals surface area contributed by atoms with E-state index >= 15 is 0 Å². The second kappa shape index (κ2) is 7.42. The minimum Gasteiger partial charge on any atom is -0.481 e. The summed E-state index contributed by atoms with van der Waals surface area (Å²) in [7, 11) is 0. The van der Waals surface area contributed by atoms with E-state index in [-0.39, 0.29) is 12.3 Å². The predicted octanol–water partition coefficient (Wildman–Crippen LogP) is 5.44. The van der Waals surface area contributed by atoms with Crippen LogP contribution in [0.3, 0.4) is 0 Å². The van der Waals surface area contributed by atoms with Crippen molar-refractivity contribution in [3.63, 3.8) is 0 Å². The maximum atomic E-state index is 11.2. The van der Waals surface area contributed by atoms with Gasteiger partial charge in [0.1, 0.15) is 0 Å². The van der Waals surface area contributed by atoms with Gasteiger partial charge in [-0.15, -0.1) is 11.3 Å². The number of aromatic nitrogens is 4. The number of aliphatic carboxylic acids is 1. The third-order valence-corrected chi connectivity index (χ3v) is 6.87. The van der Waals surface area contributed by atoms with Crippen LogP contribution < -0.4 is 0 Å². The smallest absolute Gasteiger partial charge is 0.304 e. The number of benzene rings is 1. The van der Waals surface area contributed by atoms with Gasteiger partial charge in [-0.3, -0.25) is 9.78 Å². The zero-order valence-electron chi connectivity index (χ0n) is 16.9. The van der Waals surface area contributed by atoms with E-state index in [1.165, 1.54) is 0 Å². The van der Waals surface area contributed by atoms with Crippen LogP contribution in [0.1, 0.15) is 24.5 Å². The number of fused-ring (bicyclic) bond motifs is 3. The van der Waals surface area contributed by atoms with E-state index in [0.717, 1.165) is 51.1 Å². The number of hydrogen-bond acceptors (Lipinski definition) is 6. The Morgan fingerprint density at radius 1 is 1.16 bits per heavy atom. The number of hydrogen-bond donors (Lipinski definition) is 1. The molecule has 0 saturated carbocycles. The van der Waals surface area contributed by atoms with Crippen LogP contribution in [0.25, 0.3) is 44.2 Å². The van der Waals surface area contributed by atoms with Gasteiger partial charge in [-0.05, 0) is 48.2 Å². The van der Waals surface area contributed by atoms with Crippen LogP contribution in [0.2, 0.25) is 0 Å². The van der Waals surface area contributed by atoms with Crippen LogP contribution in [0, 0.1) is 0 Å². The second-order valence-corrected chi connectivity index (χ2v) is 8.89. The Hall–Kier alpha value is -3.78. The molecule has 7 nitrogen and oxygen atoms in total. The van der Waals surface area contributed by atoms with Crippen LogP contribution >= 0.6 is 11.3 Å². The molecule has 0 radical (unpaired) electrons.